The number of hydrogen-bond donors (Lipinski definition) is 1. The van der Waals surface area contributed by atoms with Crippen LogP contribution in [0.4, 0.5) is 0 Å². The maximum atomic E-state index is 12.8. The van der Waals surface area contributed by atoms with Crippen LogP contribution in [0.5, 0.6) is 5.75 Å². The second-order valence-corrected chi connectivity index (χ2v) is 5.56. The molecule has 2 rings (SSSR count). The van der Waals surface area contributed by atoms with Gasteiger partial charge in [-0.1, -0.05) is 26.0 Å². The first-order valence-corrected chi connectivity index (χ1v) is 8.24. The second kappa shape index (κ2) is 8.32. The molecule has 1 heterocycles. The van der Waals surface area contributed by atoms with Crippen molar-refractivity contribution in [3.8, 4) is 11.4 Å². The molecule has 1 N–H and O–H groups in total. The van der Waals surface area contributed by atoms with Crippen molar-refractivity contribution in [3.63, 3.8) is 0 Å². The third kappa shape index (κ3) is 3.99. The quantitative estimate of drug-likeness (QED) is 0.794. The third-order valence-corrected chi connectivity index (χ3v) is 3.85. The molecule has 25 heavy (non-hydrogen) atoms. The van der Waals surface area contributed by atoms with Crippen LogP contribution in [0, 0.1) is 0 Å². The van der Waals surface area contributed by atoms with E-state index in [1.54, 1.807) is 11.8 Å². The lowest BCUT2D eigenvalue weighted by Gasteiger charge is -2.20. The number of aliphatic carboxylic acids is 1. The van der Waals surface area contributed by atoms with Crippen LogP contribution in [0.3, 0.4) is 0 Å². The van der Waals surface area contributed by atoms with Crippen LogP contribution in [0.15, 0.2) is 30.5 Å². The Morgan fingerprint density at radius 1 is 1.28 bits per heavy atom. The van der Waals surface area contributed by atoms with Gasteiger partial charge in [-0.25, -0.2) is 4.68 Å². The lowest BCUT2D eigenvalue weighted by molar-refractivity contribution is -0.137. The summed E-state index contributed by atoms with van der Waals surface area (Å²) in [6.45, 7) is 3.89. The SMILES string of the molecule is CCCN(CC(=O)O)C(=O)c1cnn(-c2ccccc2OC)c1CC. The van der Waals surface area contributed by atoms with Crippen LogP contribution in [0.25, 0.3) is 5.69 Å². The number of carbonyl (C=O) groups excluding carboxylic acids is 1. The molecular weight excluding hydrogens is 322 g/mol. The van der Waals surface area contributed by atoms with Gasteiger partial charge in [-0.3, -0.25) is 9.59 Å². The van der Waals surface area contributed by atoms with Crippen LogP contribution in [-0.2, 0) is 11.2 Å². The van der Waals surface area contributed by atoms with Gasteiger partial charge in [0.15, 0.2) is 0 Å². The fourth-order valence-electron chi connectivity index (χ4n) is 2.76. The number of rotatable bonds is 8. The van der Waals surface area contributed by atoms with Gasteiger partial charge in [-0.2, -0.15) is 5.10 Å². The third-order valence-electron chi connectivity index (χ3n) is 3.85. The van der Waals surface area contributed by atoms with E-state index in [-0.39, 0.29) is 12.5 Å². The van der Waals surface area contributed by atoms with Crippen LogP contribution in [0.1, 0.15) is 36.3 Å². The maximum Gasteiger partial charge on any atom is 0.323 e. The van der Waals surface area contributed by atoms with Gasteiger partial charge in [-0.05, 0) is 25.0 Å². The fourth-order valence-corrected chi connectivity index (χ4v) is 2.76. The number of carboxylic acid groups (broad SMARTS) is 1. The van der Waals surface area contributed by atoms with Crippen molar-refractivity contribution < 1.29 is 19.4 Å². The summed E-state index contributed by atoms with van der Waals surface area (Å²) < 4.78 is 7.05. The van der Waals surface area contributed by atoms with Crippen molar-refractivity contribution in [3.05, 3.63) is 41.7 Å². The van der Waals surface area contributed by atoms with Gasteiger partial charge >= 0.3 is 5.97 Å². The van der Waals surface area contributed by atoms with Gasteiger partial charge < -0.3 is 14.7 Å². The molecular formula is C18H23N3O4. The van der Waals surface area contributed by atoms with E-state index in [0.29, 0.717) is 30.7 Å². The normalized spacial score (nSPS) is 10.5. The Balaban J connectivity index is 2.45. The Kier molecular flexibility index (Phi) is 6.16. The Morgan fingerprint density at radius 2 is 2.00 bits per heavy atom. The summed E-state index contributed by atoms with van der Waals surface area (Å²) in [6.07, 6.45) is 2.76. The first-order chi connectivity index (χ1) is 12.0. The summed E-state index contributed by atoms with van der Waals surface area (Å²) >= 11 is 0. The zero-order chi connectivity index (χ0) is 18.4. The highest BCUT2D eigenvalue weighted by Gasteiger charge is 2.24. The minimum atomic E-state index is -1.03. The van der Waals surface area contributed by atoms with Crippen molar-refractivity contribution in [1.82, 2.24) is 14.7 Å². The summed E-state index contributed by atoms with van der Waals surface area (Å²) in [4.78, 5) is 25.2. The van der Waals surface area contributed by atoms with Gasteiger partial charge in [0.25, 0.3) is 5.91 Å². The summed E-state index contributed by atoms with van der Waals surface area (Å²) in [7, 11) is 1.58. The summed E-state index contributed by atoms with van der Waals surface area (Å²) in [5.41, 5.74) is 1.88. The molecule has 0 aliphatic heterocycles. The number of carbonyl (C=O) groups is 2. The minimum Gasteiger partial charge on any atom is -0.494 e. The number of carboxylic acids is 1. The Bertz CT molecular complexity index is 755. The molecule has 0 saturated carbocycles. The average molecular weight is 345 g/mol. The largest absolute Gasteiger partial charge is 0.494 e. The van der Waals surface area contributed by atoms with E-state index < -0.39 is 5.97 Å². The summed E-state index contributed by atoms with van der Waals surface area (Å²) in [6, 6.07) is 7.42. The van der Waals surface area contributed by atoms with E-state index in [1.807, 2.05) is 38.1 Å². The second-order valence-electron chi connectivity index (χ2n) is 5.56. The Hall–Kier alpha value is -2.83. The molecule has 0 spiro atoms. The fraction of sp³-hybridized carbons (Fsp3) is 0.389. The number of hydrogen-bond acceptors (Lipinski definition) is 4. The molecule has 1 aromatic heterocycles. The maximum absolute atomic E-state index is 12.8. The molecule has 7 heteroatoms. The molecule has 0 unspecified atom stereocenters. The van der Waals surface area contributed by atoms with Crippen LogP contribution in [0.2, 0.25) is 0 Å². The first-order valence-electron chi connectivity index (χ1n) is 8.24. The molecule has 1 aromatic carbocycles. The van der Waals surface area contributed by atoms with Gasteiger partial charge in [-0.15, -0.1) is 0 Å². The molecule has 7 nitrogen and oxygen atoms in total. The number of aromatic nitrogens is 2. The molecule has 134 valence electrons. The van der Waals surface area contributed by atoms with Gasteiger partial charge in [0.2, 0.25) is 0 Å². The van der Waals surface area contributed by atoms with Gasteiger partial charge in [0.1, 0.15) is 18.0 Å². The van der Waals surface area contributed by atoms with Crippen molar-refractivity contribution >= 4 is 11.9 Å². The highest BCUT2D eigenvalue weighted by atomic mass is 16.5. The molecule has 0 aliphatic rings. The van der Waals surface area contributed by atoms with Crippen LogP contribution < -0.4 is 4.74 Å². The Labute approximate surface area is 146 Å². The smallest absolute Gasteiger partial charge is 0.323 e. The molecule has 0 aliphatic carbocycles. The lowest BCUT2D eigenvalue weighted by atomic mass is 10.1. The van der Waals surface area contributed by atoms with Crippen LogP contribution in [-0.4, -0.2) is 51.9 Å². The predicted molar refractivity (Wildman–Crippen MR) is 93.3 cm³/mol. The van der Waals surface area contributed by atoms with E-state index in [0.717, 1.165) is 11.4 Å². The van der Waals surface area contributed by atoms with Gasteiger partial charge in [0, 0.05) is 6.54 Å². The first kappa shape index (κ1) is 18.5. The molecule has 0 bridgehead atoms. The zero-order valence-electron chi connectivity index (χ0n) is 14.7. The number of benzene rings is 1. The average Bonchev–Trinajstić information content (AvgIpc) is 3.04. The monoisotopic (exact) mass is 345 g/mol. The van der Waals surface area contributed by atoms with E-state index in [2.05, 4.69) is 5.10 Å². The topological polar surface area (TPSA) is 84.7 Å². The molecule has 0 atom stereocenters. The summed E-state index contributed by atoms with van der Waals surface area (Å²) in [5, 5.41) is 13.4. The minimum absolute atomic E-state index is 0.317. The molecule has 0 saturated heterocycles. The molecule has 2 aromatic rings. The van der Waals surface area contributed by atoms with Crippen molar-refractivity contribution in [2.75, 3.05) is 20.2 Å². The van der Waals surface area contributed by atoms with Crippen molar-refractivity contribution in [2.45, 2.75) is 26.7 Å². The van der Waals surface area contributed by atoms with Gasteiger partial charge in [0.05, 0.1) is 24.6 Å². The van der Waals surface area contributed by atoms with Crippen molar-refractivity contribution in [1.29, 1.82) is 0 Å². The number of para-hydroxylation sites is 2. The van der Waals surface area contributed by atoms with E-state index in [9.17, 15) is 9.59 Å². The highest BCUT2D eigenvalue weighted by molar-refractivity contribution is 5.96. The molecule has 1 amide bonds. The summed E-state index contributed by atoms with van der Waals surface area (Å²) in [5.74, 6) is -0.700. The lowest BCUT2D eigenvalue weighted by Crippen LogP contribution is -2.36. The van der Waals surface area contributed by atoms with E-state index >= 15 is 0 Å². The van der Waals surface area contributed by atoms with E-state index in [4.69, 9.17) is 9.84 Å². The molecule has 0 fully saturated rings. The number of ether oxygens (including phenoxy) is 1. The van der Waals surface area contributed by atoms with Crippen LogP contribution >= 0.6 is 0 Å². The predicted octanol–water partition coefficient (Wildman–Crippen LogP) is 2.38. The number of methoxy groups -OCH3 is 1. The zero-order valence-corrected chi connectivity index (χ0v) is 14.7. The number of amides is 1. The number of nitrogens with zero attached hydrogens (tertiary/aromatic N) is 3. The Morgan fingerprint density at radius 3 is 2.60 bits per heavy atom. The molecule has 0 radical (unpaired) electrons. The standard InChI is InChI=1S/C18H23N3O4/c1-4-10-20(12-17(22)23)18(24)13-11-19-21(14(13)5-2)15-8-6-7-9-16(15)25-3/h6-9,11H,4-5,10,12H2,1-3H3,(H,22,23). The van der Waals surface area contributed by atoms with E-state index in [1.165, 1.54) is 11.1 Å². The highest BCUT2D eigenvalue weighted by Crippen LogP contribution is 2.25. The van der Waals surface area contributed by atoms with Crippen molar-refractivity contribution in [2.24, 2.45) is 0 Å².